The smallest absolute Gasteiger partial charge is 0.0658 e. The molecule has 4 heteroatoms. The summed E-state index contributed by atoms with van der Waals surface area (Å²) < 4.78 is 0. The quantitative estimate of drug-likeness (QED) is 0.374. The maximum absolute atomic E-state index is 9.21. The van der Waals surface area contributed by atoms with Crippen molar-refractivity contribution in [3.8, 4) is 0 Å². The molecule has 0 unspecified atom stereocenters. The minimum Gasteiger partial charge on any atom is -0.211 e. The molecule has 0 radical (unpaired) electrons. The highest BCUT2D eigenvalue weighted by atomic mass is 16.3. The van der Waals surface area contributed by atoms with Crippen molar-refractivity contribution in [1.82, 2.24) is 10.5 Å². The number of rotatable bonds is 2. The molecule has 6 heavy (non-hydrogen) atoms. The van der Waals surface area contributed by atoms with Gasteiger partial charge in [0, 0.05) is 14.1 Å². The average Bonchev–Trinajstić information content (AvgIpc) is 1.35. The van der Waals surface area contributed by atoms with Crippen LogP contribution in [0.15, 0.2) is 5.29 Å². The molecule has 1 N–H and O–H groups in total. The van der Waals surface area contributed by atoms with E-state index >= 15 is 0 Å². The molecule has 0 heterocycles. The van der Waals surface area contributed by atoms with Crippen LogP contribution in [0.4, 0.5) is 0 Å². The van der Waals surface area contributed by atoms with Crippen LogP contribution in [0, 0.1) is 4.91 Å². The molecule has 0 aliphatic heterocycles. The van der Waals surface area contributed by atoms with E-state index in [-0.39, 0.29) is 0 Å². The Morgan fingerprint density at radius 3 is 2.17 bits per heavy atom. The number of nitrogens with zero attached hydrogens (tertiary/aromatic N) is 2. The number of nitroso groups, excluding NO2 is 1. The van der Waals surface area contributed by atoms with Crippen LogP contribution in [-0.2, 0) is 0 Å². The second-order valence-corrected chi connectivity index (χ2v) is 1.09. The van der Waals surface area contributed by atoms with Gasteiger partial charge in [-0.25, -0.2) is 10.5 Å². The molecule has 36 valence electrons. The maximum atomic E-state index is 9.21. The van der Waals surface area contributed by atoms with Crippen molar-refractivity contribution < 1.29 is 0 Å². The van der Waals surface area contributed by atoms with Crippen molar-refractivity contribution in [2.24, 2.45) is 5.29 Å². The second kappa shape index (κ2) is 2.59. The Bertz CT molecular complexity index is 44.1. The van der Waals surface area contributed by atoms with Crippen LogP contribution in [0.3, 0.4) is 0 Å². The van der Waals surface area contributed by atoms with Crippen molar-refractivity contribution in [2.75, 3.05) is 14.1 Å². The van der Waals surface area contributed by atoms with Crippen molar-refractivity contribution in [1.29, 1.82) is 0 Å². The molecule has 0 aromatic rings. The van der Waals surface area contributed by atoms with Gasteiger partial charge >= 0.3 is 0 Å². The van der Waals surface area contributed by atoms with Crippen LogP contribution < -0.4 is 5.53 Å². The molecular weight excluding hydrogens is 82.0 g/mol. The monoisotopic (exact) mass is 89.1 g/mol. The summed E-state index contributed by atoms with van der Waals surface area (Å²) in [5.41, 5.74) is 2.11. The molecule has 0 saturated heterocycles. The molecule has 0 aliphatic rings. The summed E-state index contributed by atoms with van der Waals surface area (Å²) in [6, 6.07) is 0. The van der Waals surface area contributed by atoms with Gasteiger partial charge in [-0.2, -0.15) is 0 Å². The van der Waals surface area contributed by atoms with E-state index in [0.717, 1.165) is 0 Å². The van der Waals surface area contributed by atoms with Crippen LogP contribution >= 0.6 is 0 Å². The average molecular weight is 89.1 g/mol. The Balaban J connectivity index is 2.81. The highest BCUT2D eigenvalue weighted by molar-refractivity contribution is 4.17. The lowest BCUT2D eigenvalue weighted by Gasteiger charge is -2.00. The minimum absolute atomic E-state index is 1.45. The number of hydrogen-bond acceptors (Lipinski definition) is 3. The maximum Gasteiger partial charge on any atom is 0.0658 e. The zero-order valence-corrected chi connectivity index (χ0v) is 3.80. The fourth-order valence-corrected chi connectivity index (χ4v) is 0.0816. The molecular formula is C2H7N3O. The van der Waals surface area contributed by atoms with E-state index in [1.807, 2.05) is 0 Å². The fourth-order valence-electron chi connectivity index (χ4n) is 0.0816. The van der Waals surface area contributed by atoms with E-state index in [9.17, 15) is 4.91 Å². The highest BCUT2D eigenvalue weighted by Gasteiger charge is 1.75. The molecule has 0 bridgehead atoms. The van der Waals surface area contributed by atoms with Crippen LogP contribution in [0.5, 0.6) is 0 Å². The third-order valence-electron chi connectivity index (χ3n) is 0.241. The molecule has 0 fully saturated rings. The third kappa shape index (κ3) is 3.36. The first kappa shape index (κ1) is 5.36. The van der Waals surface area contributed by atoms with E-state index in [0.29, 0.717) is 0 Å². The summed E-state index contributed by atoms with van der Waals surface area (Å²) in [6.07, 6.45) is 0. The van der Waals surface area contributed by atoms with Gasteiger partial charge in [-0.05, 0) is 0 Å². The molecule has 0 aliphatic carbocycles. The lowest BCUT2D eigenvalue weighted by Crippen LogP contribution is -2.23. The topological polar surface area (TPSA) is 44.7 Å². The van der Waals surface area contributed by atoms with Gasteiger partial charge in [0.05, 0.1) is 5.29 Å². The molecule has 0 spiro atoms. The zero-order chi connectivity index (χ0) is 4.99. The van der Waals surface area contributed by atoms with Gasteiger partial charge in [-0.3, -0.25) is 0 Å². The lowest BCUT2D eigenvalue weighted by molar-refractivity contribution is 0.296. The van der Waals surface area contributed by atoms with Crippen molar-refractivity contribution in [2.45, 2.75) is 0 Å². The van der Waals surface area contributed by atoms with Crippen LogP contribution in [0.25, 0.3) is 0 Å². The second-order valence-electron chi connectivity index (χ2n) is 1.09. The van der Waals surface area contributed by atoms with Crippen molar-refractivity contribution in [3.63, 3.8) is 0 Å². The highest BCUT2D eigenvalue weighted by Crippen LogP contribution is 1.57. The molecule has 0 rings (SSSR count). The van der Waals surface area contributed by atoms with Gasteiger partial charge in [-0.15, -0.1) is 4.91 Å². The van der Waals surface area contributed by atoms with E-state index in [4.69, 9.17) is 0 Å². The molecule has 0 atom stereocenters. The summed E-state index contributed by atoms with van der Waals surface area (Å²) in [5.74, 6) is 0. The molecule has 0 aromatic carbocycles. The Kier molecular flexibility index (Phi) is 2.31. The predicted molar refractivity (Wildman–Crippen MR) is 22.6 cm³/mol. The van der Waals surface area contributed by atoms with Crippen molar-refractivity contribution >= 4 is 0 Å². The Labute approximate surface area is 36.0 Å². The normalized spacial score (nSPS) is 8.50. The van der Waals surface area contributed by atoms with Gasteiger partial charge in [0.1, 0.15) is 0 Å². The predicted octanol–water partition coefficient (Wildman–Crippen LogP) is -0.266. The Hall–Kier alpha value is -0.640. The summed E-state index contributed by atoms with van der Waals surface area (Å²) in [4.78, 5) is 9.21. The fraction of sp³-hybridized carbons (Fsp3) is 1.00. The molecule has 0 amide bonds. The van der Waals surface area contributed by atoms with Gasteiger partial charge in [0.2, 0.25) is 0 Å². The first-order valence-corrected chi connectivity index (χ1v) is 1.52. The van der Waals surface area contributed by atoms with Gasteiger partial charge < -0.3 is 0 Å². The van der Waals surface area contributed by atoms with Crippen LogP contribution in [0.1, 0.15) is 0 Å². The zero-order valence-electron chi connectivity index (χ0n) is 3.80. The largest absolute Gasteiger partial charge is 0.211 e. The van der Waals surface area contributed by atoms with Gasteiger partial charge in [-0.1, -0.05) is 0 Å². The Morgan fingerprint density at radius 1 is 1.67 bits per heavy atom. The third-order valence-corrected chi connectivity index (χ3v) is 0.241. The molecule has 0 aromatic heterocycles. The summed E-state index contributed by atoms with van der Waals surface area (Å²) >= 11 is 0. The summed E-state index contributed by atoms with van der Waals surface area (Å²) in [5, 5.41) is 3.81. The number of hydrazine groups is 1. The number of hydrogen-bond donors (Lipinski definition) is 1. The minimum atomic E-state index is 1.45. The van der Waals surface area contributed by atoms with Crippen molar-refractivity contribution in [3.05, 3.63) is 4.91 Å². The number of nitrogens with one attached hydrogen (secondary N) is 1. The van der Waals surface area contributed by atoms with E-state index in [1.54, 1.807) is 14.1 Å². The lowest BCUT2D eigenvalue weighted by atomic mass is 11.2. The van der Waals surface area contributed by atoms with Crippen LogP contribution in [0.2, 0.25) is 0 Å². The van der Waals surface area contributed by atoms with E-state index < -0.39 is 0 Å². The molecule has 4 nitrogen and oxygen atoms in total. The summed E-state index contributed by atoms with van der Waals surface area (Å²) in [7, 11) is 3.36. The first-order valence-electron chi connectivity index (χ1n) is 1.52. The molecule has 0 saturated carbocycles. The SMILES string of the molecule is CN(C)NN=O. The first-order chi connectivity index (χ1) is 2.77. The Morgan fingerprint density at radius 2 is 2.17 bits per heavy atom. The van der Waals surface area contributed by atoms with Gasteiger partial charge in [0.15, 0.2) is 0 Å². The van der Waals surface area contributed by atoms with E-state index in [1.165, 1.54) is 5.01 Å². The van der Waals surface area contributed by atoms with E-state index in [2.05, 4.69) is 10.8 Å². The summed E-state index contributed by atoms with van der Waals surface area (Å²) in [6.45, 7) is 0. The standard InChI is InChI=1S/C2H7N3O/c1-5(2)3-4-6/h1-2H3,(H,3,6). The van der Waals surface area contributed by atoms with Gasteiger partial charge in [0.25, 0.3) is 0 Å². The van der Waals surface area contributed by atoms with Crippen LogP contribution in [-0.4, -0.2) is 19.1 Å².